The first-order valence-electron chi connectivity index (χ1n) is 4.79. The minimum Gasteiger partial charge on any atom is -0.381 e. The summed E-state index contributed by atoms with van der Waals surface area (Å²) in [5.41, 5.74) is 2.39. The number of rotatable bonds is 3. The van der Waals surface area contributed by atoms with Crippen LogP contribution in [0.15, 0.2) is 53.0 Å². The molecule has 15 heavy (non-hydrogen) atoms. The molecule has 1 N–H and O–H groups in total. The number of halogens is 1. The molecule has 0 saturated carbocycles. The summed E-state index contributed by atoms with van der Waals surface area (Å²) in [6.07, 6.45) is 0. The van der Waals surface area contributed by atoms with Gasteiger partial charge in [-0.15, -0.1) is 0 Å². The summed E-state index contributed by atoms with van der Waals surface area (Å²) in [5.74, 6) is 0. The van der Waals surface area contributed by atoms with Gasteiger partial charge in [-0.05, 0) is 35.9 Å². The van der Waals surface area contributed by atoms with Gasteiger partial charge >= 0.3 is 0 Å². The number of anilines is 1. The van der Waals surface area contributed by atoms with E-state index in [2.05, 4.69) is 51.6 Å². The molecule has 0 heterocycles. The van der Waals surface area contributed by atoms with Crippen LogP contribution in [0.25, 0.3) is 0 Å². The molecule has 0 aliphatic rings. The van der Waals surface area contributed by atoms with Crippen molar-refractivity contribution in [2.75, 3.05) is 5.32 Å². The highest BCUT2D eigenvalue weighted by Crippen LogP contribution is 2.12. The van der Waals surface area contributed by atoms with Gasteiger partial charge in [0.25, 0.3) is 0 Å². The van der Waals surface area contributed by atoms with Crippen molar-refractivity contribution in [2.45, 2.75) is 6.54 Å². The van der Waals surface area contributed by atoms with Crippen molar-refractivity contribution >= 4 is 21.6 Å². The third-order valence-corrected chi connectivity index (χ3v) is 2.66. The molecule has 1 nitrogen and oxygen atoms in total. The lowest BCUT2D eigenvalue weighted by Crippen LogP contribution is -1.98. The van der Waals surface area contributed by atoms with Crippen molar-refractivity contribution in [2.24, 2.45) is 0 Å². The molecule has 0 saturated heterocycles. The van der Waals surface area contributed by atoms with Crippen molar-refractivity contribution in [3.05, 3.63) is 64.6 Å². The molecule has 0 aliphatic heterocycles. The van der Waals surface area contributed by atoms with Gasteiger partial charge in [0.05, 0.1) is 0 Å². The van der Waals surface area contributed by atoms with Gasteiger partial charge < -0.3 is 5.32 Å². The van der Waals surface area contributed by atoms with Gasteiger partial charge in [-0.2, -0.15) is 0 Å². The second-order valence-electron chi connectivity index (χ2n) is 3.27. The molecule has 2 aromatic carbocycles. The van der Waals surface area contributed by atoms with E-state index in [1.54, 1.807) is 0 Å². The highest BCUT2D eigenvalue weighted by Gasteiger charge is 1.93. The van der Waals surface area contributed by atoms with Crippen LogP contribution in [0.2, 0.25) is 0 Å². The predicted molar refractivity (Wildman–Crippen MR) is 66.7 cm³/mol. The summed E-state index contributed by atoms with van der Waals surface area (Å²) in [5, 5.41) is 3.35. The highest BCUT2D eigenvalue weighted by molar-refractivity contribution is 9.10. The Kier molecular flexibility index (Phi) is 3.41. The van der Waals surface area contributed by atoms with E-state index in [9.17, 15) is 0 Å². The molecule has 0 fully saturated rings. The lowest BCUT2D eigenvalue weighted by molar-refractivity contribution is 1.15. The molecule has 0 atom stereocenters. The molecular formula is C13H11BrN. The summed E-state index contributed by atoms with van der Waals surface area (Å²) < 4.78 is 1.11. The second-order valence-corrected chi connectivity index (χ2v) is 4.18. The Bertz CT molecular complexity index is 408. The van der Waals surface area contributed by atoms with Gasteiger partial charge in [0.2, 0.25) is 0 Å². The van der Waals surface area contributed by atoms with Crippen LogP contribution in [0, 0.1) is 6.07 Å². The third-order valence-electron chi connectivity index (χ3n) is 2.13. The van der Waals surface area contributed by atoms with Crippen molar-refractivity contribution in [3.8, 4) is 0 Å². The Hall–Kier alpha value is -1.28. The van der Waals surface area contributed by atoms with Crippen LogP contribution in [-0.2, 0) is 6.54 Å². The second kappa shape index (κ2) is 4.99. The SMILES string of the molecule is Brc1ccc(CNc2cc[c]cc2)cc1. The smallest absolute Gasteiger partial charge is 0.0400 e. The highest BCUT2D eigenvalue weighted by atomic mass is 79.9. The van der Waals surface area contributed by atoms with Gasteiger partial charge in [-0.1, -0.05) is 40.2 Å². The van der Waals surface area contributed by atoms with E-state index in [0.29, 0.717) is 0 Å². The van der Waals surface area contributed by atoms with E-state index in [1.807, 2.05) is 24.3 Å². The molecule has 0 bridgehead atoms. The zero-order valence-electron chi connectivity index (χ0n) is 8.20. The summed E-state index contributed by atoms with van der Waals surface area (Å²) in [7, 11) is 0. The number of nitrogens with one attached hydrogen (secondary N) is 1. The quantitative estimate of drug-likeness (QED) is 0.884. The van der Waals surface area contributed by atoms with E-state index in [4.69, 9.17) is 0 Å². The molecule has 0 unspecified atom stereocenters. The van der Waals surface area contributed by atoms with Gasteiger partial charge in [0.1, 0.15) is 0 Å². The van der Waals surface area contributed by atoms with Crippen LogP contribution < -0.4 is 5.32 Å². The average molecular weight is 261 g/mol. The zero-order valence-corrected chi connectivity index (χ0v) is 9.79. The number of hydrogen-bond donors (Lipinski definition) is 1. The van der Waals surface area contributed by atoms with Crippen molar-refractivity contribution in [1.29, 1.82) is 0 Å². The summed E-state index contributed by atoms with van der Waals surface area (Å²) in [6.45, 7) is 0.845. The van der Waals surface area contributed by atoms with Crippen LogP contribution in [-0.4, -0.2) is 0 Å². The molecular weight excluding hydrogens is 250 g/mol. The van der Waals surface area contributed by atoms with Gasteiger partial charge in [-0.3, -0.25) is 0 Å². The first-order chi connectivity index (χ1) is 7.34. The monoisotopic (exact) mass is 260 g/mol. The molecule has 0 aliphatic carbocycles. The fourth-order valence-electron chi connectivity index (χ4n) is 1.31. The summed E-state index contributed by atoms with van der Waals surface area (Å²) in [6, 6.07) is 19.1. The van der Waals surface area contributed by atoms with Crippen LogP contribution >= 0.6 is 15.9 Å². The van der Waals surface area contributed by atoms with Crippen molar-refractivity contribution in [3.63, 3.8) is 0 Å². The lowest BCUT2D eigenvalue weighted by atomic mass is 10.2. The fraction of sp³-hybridized carbons (Fsp3) is 0.0769. The maximum absolute atomic E-state index is 3.42. The van der Waals surface area contributed by atoms with E-state index < -0.39 is 0 Å². The van der Waals surface area contributed by atoms with E-state index in [-0.39, 0.29) is 0 Å². The third kappa shape index (κ3) is 3.10. The largest absolute Gasteiger partial charge is 0.381 e. The Morgan fingerprint density at radius 2 is 1.67 bits per heavy atom. The maximum atomic E-state index is 3.42. The number of benzene rings is 2. The Balaban J connectivity index is 1.96. The normalized spacial score (nSPS) is 9.93. The first-order valence-corrected chi connectivity index (χ1v) is 5.58. The first kappa shape index (κ1) is 10.2. The van der Waals surface area contributed by atoms with Crippen LogP contribution in [0.3, 0.4) is 0 Å². The standard InChI is InChI=1S/C13H11BrN/c14-12-8-6-11(7-9-12)10-15-13-4-2-1-3-5-13/h2-9,15H,10H2. The molecule has 2 rings (SSSR count). The van der Waals surface area contributed by atoms with Gasteiger partial charge in [-0.25, -0.2) is 0 Å². The Morgan fingerprint density at radius 3 is 2.33 bits per heavy atom. The molecule has 2 aromatic rings. The van der Waals surface area contributed by atoms with Gasteiger partial charge in [0.15, 0.2) is 0 Å². The summed E-state index contributed by atoms with van der Waals surface area (Å²) >= 11 is 3.42. The van der Waals surface area contributed by atoms with Crippen molar-refractivity contribution < 1.29 is 0 Å². The van der Waals surface area contributed by atoms with Gasteiger partial charge in [0, 0.05) is 16.7 Å². The molecule has 0 amide bonds. The topological polar surface area (TPSA) is 12.0 Å². The Labute approximate surface area is 98.3 Å². The molecule has 0 spiro atoms. The maximum Gasteiger partial charge on any atom is 0.0400 e. The van der Waals surface area contributed by atoms with Crippen LogP contribution in [0.4, 0.5) is 5.69 Å². The van der Waals surface area contributed by atoms with Crippen LogP contribution in [0.5, 0.6) is 0 Å². The minimum absolute atomic E-state index is 0.845. The summed E-state index contributed by atoms with van der Waals surface area (Å²) in [4.78, 5) is 0. The molecule has 2 heteroatoms. The van der Waals surface area contributed by atoms with E-state index in [1.165, 1.54) is 5.56 Å². The number of hydrogen-bond acceptors (Lipinski definition) is 1. The van der Waals surface area contributed by atoms with Crippen LogP contribution in [0.1, 0.15) is 5.56 Å². The zero-order chi connectivity index (χ0) is 10.5. The van der Waals surface area contributed by atoms with E-state index in [0.717, 1.165) is 16.7 Å². The molecule has 0 aromatic heterocycles. The fourth-order valence-corrected chi connectivity index (χ4v) is 1.58. The Morgan fingerprint density at radius 1 is 1.00 bits per heavy atom. The lowest BCUT2D eigenvalue weighted by Gasteiger charge is -2.05. The molecule has 1 radical (unpaired) electrons. The minimum atomic E-state index is 0.845. The average Bonchev–Trinajstić information content (AvgIpc) is 2.30. The molecule has 75 valence electrons. The van der Waals surface area contributed by atoms with E-state index >= 15 is 0 Å². The van der Waals surface area contributed by atoms with Crippen molar-refractivity contribution in [1.82, 2.24) is 0 Å². The predicted octanol–water partition coefficient (Wildman–Crippen LogP) is 3.86.